The van der Waals surface area contributed by atoms with Crippen LogP contribution in [-0.4, -0.2) is 6.61 Å². The van der Waals surface area contributed by atoms with Gasteiger partial charge in [0.15, 0.2) is 0 Å². The van der Waals surface area contributed by atoms with Crippen molar-refractivity contribution in [1.82, 2.24) is 0 Å². The molecule has 0 aliphatic carbocycles. The van der Waals surface area contributed by atoms with Crippen molar-refractivity contribution in [1.29, 1.82) is 0 Å². The average Bonchev–Trinajstić information content (AvgIpc) is 0.918. The molecular formula is C2H8OZr. The van der Waals surface area contributed by atoms with Gasteiger partial charge in [-0.15, -0.1) is 6.61 Å². The molecule has 0 bridgehead atoms. The van der Waals surface area contributed by atoms with Crippen LogP contribution < -0.4 is 5.11 Å². The molecule has 0 amide bonds. The minimum Gasteiger partial charge on any atom is -1.00 e. The van der Waals surface area contributed by atoms with Crippen LogP contribution in [0.4, 0.5) is 0 Å². The molecule has 1 nitrogen and oxygen atoms in total. The number of hydrogen-bond donors (Lipinski definition) is 0. The molecule has 0 heterocycles. The Hall–Kier alpha value is 0.843. The molecule has 0 radical (unpaired) electrons. The van der Waals surface area contributed by atoms with Crippen molar-refractivity contribution in [2.75, 3.05) is 6.61 Å². The van der Waals surface area contributed by atoms with Crippen LogP contribution in [0.5, 0.6) is 0 Å². The van der Waals surface area contributed by atoms with E-state index in [1.165, 1.54) is 0 Å². The van der Waals surface area contributed by atoms with Crippen LogP contribution in [0, 0.1) is 0 Å². The molecular weight excluding hydrogens is 131 g/mol. The standard InChI is InChI=1S/C2H5O.Zr.3H/c1-2-3;;;;/h2H2,1H3;;;;/q-1;+4;3*-1. The van der Waals surface area contributed by atoms with E-state index in [4.69, 9.17) is 5.11 Å². The summed E-state index contributed by atoms with van der Waals surface area (Å²) in [5.41, 5.74) is 0. The maximum Gasteiger partial charge on any atom is 4.00 e. The first-order chi connectivity index (χ1) is 1.41. The molecule has 0 fully saturated rings. The molecule has 0 aromatic carbocycles. The maximum absolute atomic E-state index is 8.93. The molecule has 26 valence electrons. The van der Waals surface area contributed by atoms with Crippen LogP contribution in [0.2, 0.25) is 0 Å². The van der Waals surface area contributed by atoms with Crippen LogP contribution >= 0.6 is 0 Å². The smallest absolute Gasteiger partial charge is 1.00 e. The van der Waals surface area contributed by atoms with E-state index < -0.39 is 0 Å². The Morgan fingerprint density at radius 1 is 2.00 bits per heavy atom. The van der Waals surface area contributed by atoms with Crippen molar-refractivity contribution in [2.24, 2.45) is 0 Å². The first-order valence-corrected chi connectivity index (χ1v) is 0.996. The van der Waals surface area contributed by atoms with Gasteiger partial charge in [-0.2, -0.15) is 0 Å². The zero-order valence-electron chi connectivity index (χ0n) is 5.62. The van der Waals surface area contributed by atoms with E-state index in [0.29, 0.717) is 0 Å². The Balaban J connectivity index is -0.00000000333. The topological polar surface area (TPSA) is 23.1 Å². The summed E-state index contributed by atoms with van der Waals surface area (Å²) in [4.78, 5) is 0. The van der Waals surface area contributed by atoms with E-state index >= 15 is 0 Å². The normalized spacial score (nSPS) is 4.50. The fraction of sp³-hybridized carbons (Fsp3) is 1.00. The molecule has 4 heavy (non-hydrogen) atoms. The van der Waals surface area contributed by atoms with E-state index in [9.17, 15) is 0 Å². The van der Waals surface area contributed by atoms with Gasteiger partial charge in [-0.25, -0.2) is 0 Å². The SMILES string of the molecule is CC[O-].[H-].[H-].[H-].[Zr+4]. The van der Waals surface area contributed by atoms with Crippen molar-refractivity contribution in [3.63, 3.8) is 0 Å². The van der Waals surface area contributed by atoms with Crippen LogP contribution in [0.15, 0.2) is 0 Å². The van der Waals surface area contributed by atoms with E-state index in [1.807, 2.05) is 0 Å². The molecule has 0 aromatic heterocycles. The van der Waals surface area contributed by atoms with Crippen LogP contribution in [0.1, 0.15) is 11.2 Å². The van der Waals surface area contributed by atoms with E-state index in [1.54, 1.807) is 6.92 Å². The summed E-state index contributed by atoms with van der Waals surface area (Å²) in [6.07, 6.45) is 0. The van der Waals surface area contributed by atoms with Gasteiger partial charge in [-0.3, -0.25) is 0 Å². The zero-order valence-corrected chi connectivity index (χ0v) is 5.07. The van der Waals surface area contributed by atoms with Crippen LogP contribution in [0.3, 0.4) is 0 Å². The maximum atomic E-state index is 8.93. The molecule has 0 unspecified atom stereocenters. The van der Waals surface area contributed by atoms with Crippen molar-refractivity contribution in [3.8, 4) is 0 Å². The van der Waals surface area contributed by atoms with Crippen LogP contribution in [-0.2, 0) is 26.2 Å². The van der Waals surface area contributed by atoms with E-state index in [-0.39, 0.29) is 37.1 Å². The molecule has 0 N–H and O–H groups in total. The third kappa shape index (κ3) is 13.6. The first-order valence-electron chi connectivity index (χ1n) is 0.996. The van der Waals surface area contributed by atoms with E-state index in [2.05, 4.69) is 0 Å². The summed E-state index contributed by atoms with van der Waals surface area (Å²) < 4.78 is 0. The summed E-state index contributed by atoms with van der Waals surface area (Å²) in [7, 11) is 0. The van der Waals surface area contributed by atoms with Gasteiger partial charge in [0.1, 0.15) is 0 Å². The van der Waals surface area contributed by atoms with Crippen molar-refractivity contribution in [2.45, 2.75) is 6.92 Å². The van der Waals surface area contributed by atoms with Gasteiger partial charge >= 0.3 is 26.2 Å². The van der Waals surface area contributed by atoms with Gasteiger partial charge in [0, 0.05) is 0 Å². The fourth-order valence-corrected chi connectivity index (χ4v) is 0. The number of rotatable bonds is 0. The first kappa shape index (κ1) is 8.85. The van der Waals surface area contributed by atoms with Crippen molar-refractivity contribution in [3.05, 3.63) is 0 Å². The van der Waals surface area contributed by atoms with Gasteiger partial charge in [-0.1, -0.05) is 6.92 Å². The van der Waals surface area contributed by atoms with E-state index in [0.717, 1.165) is 0 Å². The second-order valence-electron chi connectivity index (χ2n) is 0.289. The molecule has 0 aliphatic heterocycles. The van der Waals surface area contributed by atoms with Crippen LogP contribution in [0.25, 0.3) is 0 Å². The second kappa shape index (κ2) is 9.14. The fourth-order valence-electron chi connectivity index (χ4n) is 0. The largest absolute Gasteiger partial charge is 4.00 e. The summed E-state index contributed by atoms with van der Waals surface area (Å²) in [6, 6.07) is 0. The van der Waals surface area contributed by atoms with Gasteiger partial charge < -0.3 is 9.39 Å². The Bertz CT molecular complexity index is 12.9. The molecule has 0 atom stereocenters. The third-order valence-electron chi connectivity index (χ3n) is 0. The van der Waals surface area contributed by atoms with Crippen molar-refractivity contribution >= 4 is 0 Å². The minimum absolute atomic E-state index is 0. The van der Waals surface area contributed by atoms with Gasteiger partial charge in [0.25, 0.3) is 0 Å². The molecule has 0 spiro atoms. The summed E-state index contributed by atoms with van der Waals surface area (Å²) in [5, 5.41) is 8.93. The zero-order chi connectivity index (χ0) is 2.71. The molecule has 0 saturated heterocycles. The Morgan fingerprint density at radius 3 is 2.00 bits per heavy atom. The predicted molar refractivity (Wildman–Crippen MR) is 13.9 cm³/mol. The van der Waals surface area contributed by atoms with Crippen molar-refractivity contribution < 1.29 is 35.6 Å². The number of hydrogen-bond acceptors (Lipinski definition) is 1. The predicted octanol–water partition coefficient (Wildman–Crippen LogP) is -0.298. The summed E-state index contributed by atoms with van der Waals surface area (Å²) >= 11 is 0. The third-order valence-corrected chi connectivity index (χ3v) is 0. The molecule has 2 heteroatoms. The van der Waals surface area contributed by atoms with Gasteiger partial charge in [-0.05, 0) is 0 Å². The molecule has 0 rings (SSSR count). The van der Waals surface area contributed by atoms with Gasteiger partial charge in [0.2, 0.25) is 0 Å². The quantitative estimate of drug-likeness (QED) is 0.452. The Kier molecular flexibility index (Phi) is 20.2. The molecule has 0 saturated carbocycles. The Labute approximate surface area is 49.6 Å². The van der Waals surface area contributed by atoms with Gasteiger partial charge in [0.05, 0.1) is 0 Å². The summed E-state index contributed by atoms with van der Waals surface area (Å²) in [5.74, 6) is 0. The summed E-state index contributed by atoms with van der Waals surface area (Å²) in [6.45, 7) is 1.57. The average molecular weight is 139 g/mol. The second-order valence-corrected chi connectivity index (χ2v) is 0.289. The monoisotopic (exact) mass is 138 g/mol. The molecule has 0 aromatic rings. The molecule has 0 aliphatic rings. The Morgan fingerprint density at radius 2 is 2.00 bits per heavy atom. The minimum atomic E-state index is 0.